The summed E-state index contributed by atoms with van der Waals surface area (Å²) >= 11 is 1.15. The van der Waals surface area contributed by atoms with E-state index in [0.717, 1.165) is 52.3 Å². The Kier molecular flexibility index (Phi) is 6.86. The Bertz CT molecular complexity index is 1580. The van der Waals surface area contributed by atoms with Crippen molar-refractivity contribution in [3.05, 3.63) is 95.8 Å². The molecule has 5 aromatic rings. The zero-order valence-electron chi connectivity index (χ0n) is 20.3. The van der Waals surface area contributed by atoms with Crippen molar-refractivity contribution in [1.29, 1.82) is 0 Å². The van der Waals surface area contributed by atoms with Crippen LogP contribution in [-0.4, -0.2) is 32.5 Å². The number of halogens is 3. The van der Waals surface area contributed by atoms with E-state index in [1.54, 1.807) is 0 Å². The van der Waals surface area contributed by atoms with Crippen molar-refractivity contribution in [1.82, 2.24) is 19.7 Å². The Labute approximate surface area is 221 Å². The Morgan fingerprint density at radius 1 is 0.921 bits per heavy atom. The van der Waals surface area contributed by atoms with Gasteiger partial charge in [0.1, 0.15) is 17.5 Å². The van der Waals surface area contributed by atoms with E-state index in [4.69, 9.17) is 9.72 Å². The summed E-state index contributed by atoms with van der Waals surface area (Å²) in [6.07, 6.45) is 1.84. The molecule has 0 spiro atoms. The van der Waals surface area contributed by atoms with E-state index in [0.29, 0.717) is 36.3 Å². The molecule has 192 valence electrons. The third-order valence-electron chi connectivity index (χ3n) is 6.61. The van der Waals surface area contributed by atoms with E-state index in [2.05, 4.69) is 10.2 Å². The predicted molar refractivity (Wildman–Crippen MR) is 141 cm³/mol. The maximum Gasteiger partial charge on any atom is 0.191 e. The summed E-state index contributed by atoms with van der Waals surface area (Å²) in [6, 6.07) is 21.1. The fourth-order valence-electron chi connectivity index (χ4n) is 4.72. The number of thioether (sulfide) groups is 1. The van der Waals surface area contributed by atoms with Gasteiger partial charge in [-0.2, -0.15) is 0 Å². The van der Waals surface area contributed by atoms with Crippen LogP contribution in [0.1, 0.15) is 18.4 Å². The van der Waals surface area contributed by atoms with Crippen molar-refractivity contribution < 1.29 is 17.9 Å². The van der Waals surface area contributed by atoms with Gasteiger partial charge in [0, 0.05) is 46.6 Å². The summed E-state index contributed by atoms with van der Waals surface area (Å²) in [5.74, 6) is -2.23. The highest BCUT2D eigenvalue weighted by Crippen LogP contribution is 2.35. The summed E-state index contributed by atoms with van der Waals surface area (Å²) in [7, 11) is 0. The molecule has 3 aromatic carbocycles. The second-order valence-corrected chi connectivity index (χ2v) is 10.1. The molecular formula is C29H23F3N4OS. The van der Waals surface area contributed by atoms with Crippen LogP contribution in [0.25, 0.3) is 33.5 Å². The molecule has 0 amide bonds. The molecule has 1 unspecified atom stereocenters. The lowest BCUT2D eigenvalue weighted by Crippen LogP contribution is -2.17. The van der Waals surface area contributed by atoms with E-state index >= 15 is 0 Å². The number of rotatable bonds is 7. The molecule has 0 N–H and O–H groups in total. The standard InChI is InChI=1S/C29H23F3N4OS/c30-19-13-24(31)23(25(32)14-19)17-38-29-35-34-28(36(29)16-20-9-6-12-37-20)22-15-27(18-7-2-1-3-8-18)33-26-11-5-4-10-21(22)26/h1-5,7-8,10-11,13-15,20H,6,9,12,16-17H2. The van der Waals surface area contributed by atoms with Crippen LogP contribution in [0.4, 0.5) is 13.2 Å². The van der Waals surface area contributed by atoms with Gasteiger partial charge in [-0.1, -0.05) is 60.3 Å². The molecule has 1 aliphatic rings. The van der Waals surface area contributed by atoms with Gasteiger partial charge in [0.15, 0.2) is 11.0 Å². The molecule has 0 aliphatic carbocycles. The van der Waals surface area contributed by atoms with E-state index in [1.165, 1.54) is 0 Å². The van der Waals surface area contributed by atoms with Crippen LogP contribution in [0.2, 0.25) is 0 Å². The van der Waals surface area contributed by atoms with Gasteiger partial charge in [-0.05, 0) is 25.0 Å². The molecule has 1 saturated heterocycles. The number of hydrogen-bond acceptors (Lipinski definition) is 5. The second kappa shape index (κ2) is 10.6. The summed E-state index contributed by atoms with van der Waals surface area (Å²) in [5.41, 5.74) is 3.24. The summed E-state index contributed by atoms with van der Waals surface area (Å²) in [4.78, 5) is 4.87. The third kappa shape index (κ3) is 4.91. The van der Waals surface area contributed by atoms with Crippen LogP contribution < -0.4 is 0 Å². The first-order chi connectivity index (χ1) is 18.6. The first-order valence-corrected chi connectivity index (χ1v) is 13.3. The van der Waals surface area contributed by atoms with Gasteiger partial charge >= 0.3 is 0 Å². The van der Waals surface area contributed by atoms with Crippen LogP contribution in [0, 0.1) is 17.5 Å². The maximum absolute atomic E-state index is 14.3. The van der Waals surface area contributed by atoms with Gasteiger partial charge in [0.25, 0.3) is 0 Å². The zero-order chi connectivity index (χ0) is 26.1. The predicted octanol–water partition coefficient (Wildman–Crippen LogP) is 7.05. The summed E-state index contributed by atoms with van der Waals surface area (Å²) in [5, 5.41) is 10.4. The number of aromatic nitrogens is 4. The van der Waals surface area contributed by atoms with Gasteiger partial charge in [0.2, 0.25) is 0 Å². The van der Waals surface area contributed by atoms with Crippen molar-refractivity contribution in [3.63, 3.8) is 0 Å². The van der Waals surface area contributed by atoms with Gasteiger partial charge in [-0.15, -0.1) is 10.2 Å². The Balaban J connectivity index is 1.45. The summed E-state index contributed by atoms with van der Waals surface area (Å²) < 4.78 is 49.9. The average Bonchev–Trinajstić information content (AvgIpc) is 3.58. The van der Waals surface area contributed by atoms with Crippen molar-refractivity contribution >= 4 is 22.7 Å². The van der Waals surface area contributed by atoms with E-state index in [1.807, 2.05) is 65.2 Å². The zero-order valence-corrected chi connectivity index (χ0v) is 21.1. The molecule has 1 atom stereocenters. The Hall–Kier alpha value is -3.69. The first kappa shape index (κ1) is 24.6. The number of fused-ring (bicyclic) bond motifs is 1. The third-order valence-corrected chi connectivity index (χ3v) is 7.60. The SMILES string of the molecule is Fc1cc(F)c(CSc2nnc(-c3cc(-c4ccccc4)nc4ccccc34)n2CC2CCCO2)c(F)c1. The number of nitrogens with zero attached hydrogens (tertiary/aromatic N) is 4. The van der Waals surface area contributed by atoms with E-state index in [-0.39, 0.29) is 17.4 Å². The second-order valence-electron chi connectivity index (χ2n) is 9.13. The molecule has 9 heteroatoms. The number of benzene rings is 3. The molecule has 0 bridgehead atoms. The fraction of sp³-hybridized carbons (Fsp3) is 0.207. The van der Waals surface area contributed by atoms with Crippen molar-refractivity contribution in [3.8, 4) is 22.6 Å². The van der Waals surface area contributed by atoms with Crippen molar-refractivity contribution in [2.24, 2.45) is 0 Å². The first-order valence-electron chi connectivity index (χ1n) is 12.3. The topological polar surface area (TPSA) is 52.8 Å². The number of para-hydroxylation sites is 1. The largest absolute Gasteiger partial charge is 0.376 e. The molecule has 1 fully saturated rings. The summed E-state index contributed by atoms with van der Waals surface area (Å²) in [6.45, 7) is 1.18. The van der Waals surface area contributed by atoms with E-state index < -0.39 is 17.5 Å². The normalized spacial score (nSPS) is 15.4. The number of hydrogen-bond donors (Lipinski definition) is 0. The highest BCUT2D eigenvalue weighted by atomic mass is 32.2. The fourth-order valence-corrected chi connectivity index (χ4v) is 5.68. The number of ether oxygens (including phenoxy) is 1. The highest BCUT2D eigenvalue weighted by Gasteiger charge is 2.24. The van der Waals surface area contributed by atoms with Gasteiger partial charge in [-0.3, -0.25) is 4.57 Å². The monoisotopic (exact) mass is 532 g/mol. The van der Waals surface area contributed by atoms with E-state index in [9.17, 15) is 13.2 Å². The highest BCUT2D eigenvalue weighted by molar-refractivity contribution is 7.98. The van der Waals surface area contributed by atoms with Gasteiger partial charge in [-0.25, -0.2) is 18.2 Å². The molecular weight excluding hydrogens is 509 g/mol. The minimum atomic E-state index is -0.948. The number of pyridine rings is 1. The lowest BCUT2D eigenvalue weighted by Gasteiger charge is -2.16. The molecule has 5 nitrogen and oxygen atoms in total. The maximum atomic E-state index is 14.3. The van der Waals surface area contributed by atoms with Crippen LogP contribution in [0.15, 0.2) is 78.0 Å². The molecule has 0 radical (unpaired) electrons. The molecule has 0 saturated carbocycles. The van der Waals surface area contributed by atoms with Crippen LogP contribution in [0.3, 0.4) is 0 Å². The minimum absolute atomic E-state index is 0.0231. The van der Waals surface area contributed by atoms with Crippen LogP contribution in [-0.2, 0) is 17.0 Å². The van der Waals surface area contributed by atoms with Gasteiger partial charge in [0.05, 0.1) is 23.9 Å². The Morgan fingerprint density at radius 3 is 2.45 bits per heavy atom. The minimum Gasteiger partial charge on any atom is -0.376 e. The molecule has 3 heterocycles. The lowest BCUT2D eigenvalue weighted by atomic mass is 10.0. The molecule has 6 rings (SSSR count). The average molecular weight is 533 g/mol. The lowest BCUT2D eigenvalue weighted by molar-refractivity contribution is 0.0953. The molecule has 2 aromatic heterocycles. The van der Waals surface area contributed by atoms with Crippen molar-refractivity contribution in [2.75, 3.05) is 6.61 Å². The van der Waals surface area contributed by atoms with Crippen LogP contribution in [0.5, 0.6) is 0 Å². The Morgan fingerprint density at radius 2 is 1.68 bits per heavy atom. The quantitative estimate of drug-likeness (QED) is 0.210. The van der Waals surface area contributed by atoms with Gasteiger partial charge < -0.3 is 4.74 Å². The molecule has 1 aliphatic heterocycles. The smallest absolute Gasteiger partial charge is 0.191 e. The molecule has 38 heavy (non-hydrogen) atoms. The van der Waals surface area contributed by atoms with Crippen LogP contribution >= 0.6 is 11.8 Å². The van der Waals surface area contributed by atoms with Crippen molar-refractivity contribution in [2.45, 2.75) is 36.4 Å².